The molecule has 2 nitrogen and oxygen atoms in total. The summed E-state index contributed by atoms with van der Waals surface area (Å²) >= 11 is 6.03. The van der Waals surface area contributed by atoms with E-state index in [-0.39, 0.29) is 11.9 Å². The summed E-state index contributed by atoms with van der Waals surface area (Å²) < 4.78 is 19.2. The van der Waals surface area contributed by atoms with Crippen LogP contribution in [0.2, 0.25) is 5.02 Å². The van der Waals surface area contributed by atoms with Crippen LogP contribution in [0.15, 0.2) is 42.5 Å². The molecule has 2 aromatic carbocycles. The maximum atomic E-state index is 13.9. The molecule has 0 bridgehead atoms. The number of methoxy groups -OCH3 is 1. The fraction of sp³-hybridized carbons (Fsp3) is 0.250. The van der Waals surface area contributed by atoms with Gasteiger partial charge in [0.05, 0.1) is 7.11 Å². The molecular weight excluding hydrogens is 277 g/mol. The molecule has 0 saturated carbocycles. The topological polar surface area (TPSA) is 21.3 Å². The molecule has 1 unspecified atom stereocenters. The summed E-state index contributed by atoms with van der Waals surface area (Å²) in [6, 6.07) is 12.1. The second-order valence-electron chi connectivity index (χ2n) is 4.52. The van der Waals surface area contributed by atoms with Crippen molar-refractivity contribution in [1.82, 2.24) is 5.32 Å². The molecule has 0 saturated heterocycles. The van der Waals surface area contributed by atoms with E-state index in [9.17, 15) is 4.39 Å². The number of hydrogen-bond acceptors (Lipinski definition) is 2. The predicted octanol–water partition coefficient (Wildman–Crippen LogP) is 3.99. The lowest BCUT2D eigenvalue weighted by atomic mass is 9.98. The first-order valence-corrected chi connectivity index (χ1v) is 6.77. The number of halogens is 2. The molecule has 0 spiro atoms. The number of hydrogen-bond donors (Lipinski definition) is 1. The largest absolute Gasteiger partial charge is 0.496 e. The zero-order valence-electron chi connectivity index (χ0n) is 11.5. The van der Waals surface area contributed by atoms with Crippen LogP contribution in [0, 0.1) is 5.82 Å². The standard InChI is InChI=1S/C16H17ClFNO/c1-19-15(13-5-3-4-6-14(13)18)10-11-9-12(17)7-8-16(11)20-2/h3-9,15,19H,10H2,1-2H3. The van der Waals surface area contributed by atoms with Gasteiger partial charge in [-0.3, -0.25) is 0 Å². The Bertz CT molecular complexity index is 588. The molecule has 20 heavy (non-hydrogen) atoms. The monoisotopic (exact) mass is 293 g/mol. The van der Waals surface area contributed by atoms with Gasteiger partial charge in [0.2, 0.25) is 0 Å². The molecule has 1 atom stereocenters. The molecule has 0 aromatic heterocycles. The summed E-state index contributed by atoms with van der Waals surface area (Å²) in [4.78, 5) is 0. The van der Waals surface area contributed by atoms with Crippen molar-refractivity contribution in [2.75, 3.05) is 14.2 Å². The molecule has 106 valence electrons. The SMILES string of the molecule is CNC(Cc1cc(Cl)ccc1OC)c1ccccc1F. The van der Waals surface area contributed by atoms with Crippen molar-refractivity contribution >= 4 is 11.6 Å². The molecule has 2 aromatic rings. The fourth-order valence-electron chi connectivity index (χ4n) is 2.25. The highest BCUT2D eigenvalue weighted by atomic mass is 35.5. The van der Waals surface area contributed by atoms with Gasteiger partial charge in [0.1, 0.15) is 11.6 Å². The summed E-state index contributed by atoms with van der Waals surface area (Å²) in [5, 5.41) is 3.78. The van der Waals surface area contributed by atoms with Gasteiger partial charge in [-0.1, -0.05) is 29.8 Å². The Balaban J connectivity index is 2.31. The van der Waals surface area contributed by atoms with Crippen LogP contribution < -0.4 is 10.1 Å². The highest BCUT2D eigenvalue weighted by Crippen LogP contribution is 2.28. The molecule has 0 fully saturated rings. The van der Waals surface area contributed by atoms with Crippen LogP contribution in [0.1, 0.15) is 17.2 Å². The number of nitrogens with one attached hydrogen (secondary N) is 1. The highest BCUT2D eigenvalue weighted by Gasteiger charge is 2.16. The fourth-order valence-corrected chi connectivity index (χ4v) is 2.45. The first kappa shape index (κ1) is 14.8. The van der Waals surface area contributed by atoms with Crippen molar-refractivity contribution in [3.05, 3.63) is 64.4 Å². The lowest BCUT2D eigenvalue weighted by molar-refractivity contribution is 0.406. The molecule has 0 amide bonds. The normalized spacial score (nSPS) is 12.2. The van der Waals surface area contributed by atoms with Crippen molar-refractivity contribution in [2.24, 2.45) is 0 Å². The molecule has 2 rings (SSSR count). The van der Waals surface area contributed by atoms with Gasteiger partial charge in [-0.05, 0) is 43.3 Å². The zero-order valence-corrected chi connectivity index (χ0v) is 12.2. The maximum absolute atomic E-state index is 13.9. The van der Waals surface area contributed by atoms with Gasteiger partial charge in [0, 0.05) is 16.6 Å². The number of likely N-dealkylation sites (N-methyl/N-ethyl adjacent to an activating group) is 1. The minimum Gasteiger partial charge on any atom is -0.496 e. The summed E-state index contributed by atoms with van der Waals surface area (Å²) in [7, 11) is 3.43. The van der Waals surface area contributed by atoms with Crippen molar-refractivity contribution in [3.8, 4) is 5.75 Å². The van der Waals surface area contributed by atoms with Crippen LogP contribution >= 0.6 is 11.6 Å². The van der Waals surface area contributed by atoms with Crippen LogP contribution in [0.5, 0.6) is 5.75 Å². The number of ether oxygens (including phenoxy) is 1. The van der Waals surface area contributed by atoms with Crippen molar-refractivity contribution in [2.45, 2.75) is 12.5 Å². The maximum Gasteiger partial charge on any atom is 0.127 e. The van der Waals surface area contributed by atoms with Gasteiger partial charge < -0.3 is 10.1 Å². The Morgan fingerprint density at radius 2 is 2.00 bits per heavy atom. The summed E-state index contributed by atoms with van der Waals surface area (Å²) in [5.74, 6) is 0.541. The molecule has 0 aliphatic carbocycles. The third-order valence-corrected chi connectivity index (χ3v) is 3.53. The van der Waals surface area contributed by atoms with Crippen LogP contribution in [-0.4, -0.2) is 14.2 Å². The van der Waals surface area contributed by atoms with Crippen LogP contribution in [-0.2, 0) is 6.42 Å². The van der Waals surface area contributed by atoms with Crippen LogP contribution in [0.3, 0.4) is 0 Å². The van der Waals surface area contributed by atoms with E-state index in [2.05, 4.69) is 5.32 Å². The molecule has 0 aliphatic heterocycles. The average molecular weight is 294 g/mol. The van der Waals surface area contributed by atoms with E-state index in [0.29, 0.717) is 17.0 Å². The first-order chi connectivity index (χ1) is 9.65. The minimum atomic E-state index is -0.215. The van der Waals surface area contributed by atoms with Gasteiger partial charge in [-0.15, -0.1) is 0 Å². The lowest BCUT2D eigenvalue weighted by Gasteiger charge is -2.19. The van der Waals surface area contributed by atoms with Crippen molar-refractivity contribution in [3.63, 3.8) is 0 Å². The molecule has 1 N–H and O–H groups in total. The smallest absolute Gasteiger partial charge is 0.127 e. The van der Waals surface area contributed by atoms with Crippen molar-refractivity contribution < 1.29 is 9.13 Å². The lowest BCUT2D eigenvalue weighted by Crippen LogP contribution is -2.20. The minimum absolute atomic E-state index is 0.136. The average Bonchev–Trinajstić information content (AvgIpc) is 2.46. The van der Waals surface area contributed by atoms with Gasteiger partial charge in [-0.2, -0.15) is 0 Å². The second kappa shape index (κ2) is 6.73. The third kappa shape index (κ3) is 3.30. The quantitative estimate of drug-likeness (QED) is 0.900. The van der Waals surface area contributed by atoms with Crippen LogP contribution in [0.25, 0.3) is 0 Å². The third-order valence-electron chi connectivity index (χ3n) is 3.30. The summed E-state index contributed by atoms with van der Waals surface area (Å²) in [5.41, 5.74) is 1.58. The van der Waals surface area contributed by atoms with Gasteiger partial charge >= 0.3 is 0 Å². The van der Waals surface area contributed by atoms with E-state index in [0.717, 1.165) is 11.3 Å². The van der Waals surface area contributed by atoms with E-state index in [4.69, 9.17) is 16.3 Å². The van der Waals surface area contributed by atoms with Gasteiger partial charge in [0.15, 0.2) is 0 Å². The number of benzene rings is 2. The summed E-state index contributed by atoms with van der Waals surface area (Å²) in [6.07, 6.45) is 0.598. The molecular formula is C16H17ClFNO. The Morgan fingerprint density at radius 3 is 2.65 bits per heavy atom. The first-order valence-electron chi connectivity index (χ1n) is 6.39. The summed E-state index contributed by atoms with van der Waals surface area (Å²) in [6.45, 7) is 0. The molecule has 0 heterocycles. The molecule has 0 aliphatic rings. The highest BCUT2D eigenvalue weighted by molar-refractivity contribution is 6.30. The van der Waals surface area contributed by atoms with E-state index in [1.807, 2.05) is 25.2 Å². The van der Waals surface area contributed by atoms with Gasteiger partial charge in [0.25, 0.3) is 0 Å². The Morgan fingerprint density at radius 1 is 1.25 bits per heavy atom. The van der Waals surface area contributed by atoms with E-state index in [1.54, 1.807) is 25.3 Å². The molecule has 0 radical (unpaired) electrons. The van der Waals surface area contributed by atoms with Crippen LogP contribution in [0.4, 0.5) is 4.39 Å². The number of rotatable bonds is 5. The Labute approximate surface area is 123 Å². The van der Waals surface area contributed by atoms with E-state index >= 15 is 0 Å². The van der Waals surface area contributed by atoms with Gasteiger partial charge in [-0.25, -0.2) is 4.39 Å². The Kier molecular flexibility index (Phi) is 4.99. The second-order valence-corrected chi connectivity index (χ2v) is 4.96. The van der Waals surface area contributed by atoms with E-state index < -0.39 is 0 Å². The van der Waals surface area contributed by atoms with E-state index in [1.165, 1.54) is 6.07 Å². The zero-order chi connectivity index (χ0) is 14.5. The Hall–Kier alpha value is -1.58. The molecule has 4 heteroatoms. The predicted molar refractivity (Wildman–Crippen MR) is 79.9 cm³/mol. The van der Waals surface area contributed by atoms with Crippen molar-refractivity contribution in [1.29, 1.82) is 0 Å².